The number of hydrogen-bond acceptors (Lipinski definition) is 17. The van der Waals surface area contributed by atoms with Crippen molar-refractivity contribution in [1.29, 1.82) is 0 Å². The number of allylic oxidation sites excluding steroid dienone is 1. The number of aliphatic hydroxyl groups is 9. The predicted octanol–water partition coefficient (Wildman–Crippen LogP) is 0.606. The monoisotopic (exact) mass is 898 g/mol. The average Bonchev–Trinajstić information content (AvgIpc) is 3.73. The van der Waals surface area contributed by atoms with Crippen molar-refractivity contribution in [3.05, 3.63) is 11.6 Å². The zero-order valence-electron chi connectivity index (χ0n) is 37.8. The molecule has 2 spiro atoms. The van der Waals surface area contributed by atoms with Gasteiger partial charge in [0.15, 0.2) is 24.7 Å². The van der Waals surface area contributed by atoms with Crippen LogP contribution in [0.1, 0.15) is 99.8 Å². The van der Waals surface area contributed by atoms with Crippen LogP contribution in [0.25, 0.3) is 0 Å². The maximum Gasteiger partial charge on any atom is 0.187 e. The van der Waals surface area contributed by atoms with Gasteiger partial charge in [0.05, 0.1) is 44.2 Å². The molecule has 0 aromatic carbocycles. The average molecular weight is 899 g/mol. The Balaban J connectivity index is 0.969. The third kappa shape index (κ3) is 7.19. The summed E-state index contributed by atoms with van der Waals surface area (Å²) in [5, 5.41) is 97.0. The SMILES string of the molecule is CC(C)=C[C@@H]1C[C@](C)(O)[C@@H]2[C@@H]3CC[C@@H]4[C@@]5(C)CC[C@H](O[C@@H]6OC[C@H](O)[C@H](O[C@@H]7O[C@H](CO)[C@@H](O)[C@H](O)[C@H]7O)[C@H]6O[C@@H]6OC[C@H](O)[C@H](O)[C@H]6O)C(C)(C)[C@H]5CC[C@@]4(C)[C@@]34CO[C@@]2(C4)O1. The molecule has 9 N–H and O–H groups in total. The molecule has 0 unspecified atom stereocenters. The Morgan fingerprint density at radius 2 is 1.40 bits per heavy atom. The minimum atomic E-state index is -1.79. The highest BCUT2D eigenvalue weighted by molar-refractivity contribution is 5.26. The quantitative estimate of drug-likeness (QED) is 0.120. The van der Waals surface area contributed by atoms with E-state index in [1.54, 1.807) is 0 Å². The smallest absolute Gasteiger partial charge is 0.187 e. The molecule has 9 aliphatic rings. The van der Waals surface area contributed by atoms with Crippen LogP contribution in [0.3, 0.4) is 0 Å². The second-order valence-corrected chi connectivity index (χ2v) is 22.5. The fraction of sp³-hybridized carbons (Fsp3) is 0.957. The van der Waals surface area contributed by atoms with Gasteiger partial charge >= 0.3 is 0 Å². The van der Waals surface area contributed by atoms with Crippen LogP contribution in [0, 0.1) is 45.3 Å². The number of fused-ring (bicyclic) bond motifs is 4. The Kier molecular flexibility index (Phi) is 12.2. The van der Waals surface area contributed by atoms with Gasteiger partial charge in [-0.2, -0.15) is 0 Å². The molecule has 63 heavy (non-hydrogen) atoms. The molecule has 0 radical (unpaired) electrons. The first-order chi connectivity index (χ1) is 29.5. The van der Waals surface area contributed by atoms with Gasteiger partial charge in [0.25, 0.3) is 0 Å². The number of ether oxygens (including phenoxy) is 8. The third-order valence-electron chi connectivity index (χ3n) is 18.4. The molecule has 5 aliphatic heterocycles. The van der Waals surface area contributed by atoms with Crippen LogP contribution >= 0.6 is 0 Å². The molecule has 5 heterocycles. The Hall–Kier alpha value is -0.940. The van der Waals surface area contributed by atoms with E-state index in [1.807, 2.05) is 6.92 Å². The molecule has 17 heteroatoms. The summed E-state index contributed by atoms with van der Waals surface area (Å²) in [7, 11) is 0. The van der Waals surface area contributed by atoms with Gasteiger partial charge in [0, 0.05) is 24.2 Å². The Bertz CT molecular complexity index is 1710. The molecule has 24 atom stereocenters. The van der Waals surface area contributed by atoms with Crippen molar-refractivity contribution in [2.45, 2.75) is 203 Å². The van der Waals surface area contributed by atoms with Crippen LogP contribution < -0.4 is 0 Å². The van der Waals surface area contributed by atoms with E-state index in [0.29, 0.717) is 25.4 Å². The predicted molar refractivity (Wildman–Crippen MR) is 219 cm³/mol. The van der Waals surface area contributed by atoms with Gasteiger partial charge < -0.3 is 83.9 Å². The normalized spacial score (nSPS) is 57.4. The summed E-state index contributed by atoms with van der Waals surface area (Å²) in [6.07, 6.45) is -11.4. The molecular formula is C46H74O17. The van der Waals surface area contributed by atoms with Crippen LogP contribution in [-0.2, 0) is 37.9 Å². The molecule has 9 fully saturated rings. The highest BCUT2D eigenvalue weighted by Crippen LogP contribution is 2.80. The van der Waals surface area contributed by atoms with Crippen LogP contribution in [-0.4, -0.2) is 176 Å². The van der Waals surface area contributed by atoms with E-state index in [4.69, 9.17) is 37.9 Å². The number of rotatable bonds is 8. The molecule has 360 valence electrons. The highest BCUT2D eigenvalue weighted by Gasteiger charge is 2.81. The first-order valence-electron chi connectivity index (χ1n) is 23.4. The van der Waals surface area contributed by atoms with E-state index >= 15 is 0 Å². The molecule has 0 aromatic heterocycles. The van der Waals surface area contributed by atoms with Gasteiger partial charge in [-0.15, -0.1) is 0 Å². The third-order valence-corrected chi connectivity index (χ3v) is 18.4. The van der Waals surface area contributed by atoms with Crippen LogP contribution in [0.5, 0.6) is 0 Å². The summed E-state index contributed by atoms with van der Waals surface area (Å²) in [5.41, 5.74) is -0.454. The lowest BCUT2D eigenvalue weighted by Gasteiger charge is -2.70. The van der Waals surface area contributed by atoms with E-state index in [1.165, 1.54) is 0 Å². The fourth-order valence-electron chi connectivity index (χ4n) is 15.5. The maximum atomic E-state index is 12.2. The van der Waals surface area contributed by atoms with Crippen molar-refractivity contribution >= 4 is 0 Å². The Morgan fingerprint density at radius 3 is 2.11 bits per heavy atom. The topological polar surface area (TPSA) is 256 Å². The molecule has 5 saturated heterocycles. The Morgan fingerprint density at radius 1 is 0.714 bits per heavy atom. The standard InChI is InChI=1S/C46H74O17/c1-21(2)14-22-15-44(7,55)37-23-8-9-28-42(5)12-11-29(41(3,4)27(42)10-13-43(28,6)45(23)19-46(37,63-22)58-20-45)60-40-36(62-38-33(53)30(50)24(48)17-56-38)35(25(49)18-57-40)61-39-34(54)32(52)31(51)26(16-47)59-39/h14,22-40,47-55H,8-13,15-20H2,1-7H3/t22-,23+,24+,25+,26-,27-,28-,29+,30+,31-,32+,33-,34-,35+,36-,37+,38+,39+,40+,42+,43-,44+,45+,46+/m1/s1. The first kappa shape index (κ1) is 47.1. The highest BCUT2D eigenvalue weighted by atomic mass is 16.8. The molecule has 4 aliphatic carbocycles. The van der Waals surface area contributed by atoms with Gasteiger partial charge in [-0.25, -0.2) is 0 Å². The minimum absolute atomic E-state index is 0.0628. The second-order valence-electron chi connectivity index (χ2n) is 22.5. The van der Waals surface area contributed by atoms with Crippen LogP contribution in [0.4, 0.5) is 0 Å². The van der Waals surface area contributed by atoms with Crippen molar-refractivity contribution in [3.63, 3.8) is 0 Å². The van der Waals surface area contributed by atoms with Crippen molar-refractivity contribution in [2.75, 3.05) is 26.4 Å². The van der Waals surface area contributed by atoms with E-state index < -0.39 is 103 Å². The largest absolute Gasteiger partial charge is 0.394 e. The summed E-state index contributed by atoms with van der Waals surface area (Å²) in [4.78, 5) is 0. The minimum Gasteiger partial charge on any atom is -0.394 e. The summed E-state index contributed by atoms with van der Waals surface area (Å²) in [6.45, 7) is 14.8. The van der Waals surface area contributed by atoms with Crippen molar-refractivity contribution in [1.82, 2.24) is 0 Å². The second kappa shape index (κ2) is 16.4. The lowest BCUT2D eigenvalue weighted by Crippen LogP contribution is -2.68. The summed E-state index contributed by atoms with van der Waals surface area (Å²) < 4.78 is 50.6. The van der Waals surface area contributed by atoms with Gasteiger partial charge in [0.2, 0.25) is 0 Å². The molecule has 17 nitrogen and oxygen atoms in total. The van der Waals surface area contributed by atoms with E-state index in [2.05, 4.69) is 47.6 Å². The molecule has 4 saturated carbocycles. The molecular weight excluding hydrogens is 824 g/mol. The lowest BCUT2D eigenvalue weighted by molar-refractivity contribution is -0.384. The number of hydrogen-bond donors (Lipinski definition) is 9. The summed E-state index contributed by atoms with van der Waals surface area (Å²) in [5.74, 6) is -0.0244. The van der Waals surface area contributed by atoms with E-state index in [0.717, 1.165) is 44.1 Å². The van der Waals surface area contributed by atoms with Crippen LogP contribution in [0.2, 0.25) is 0 Å². The maximum absolute atomic E-state index is 12.2. The van der Waals surface area contributed by atoms with Crippen LogP contribution in [0.15, 0.2) is 11.6 Å². The van der Waals surface area contributed by atoms with Gasteiger partial charge in [0.1, 0.15) is 61.0 Å². The fourth-order valence-corrected chi connectivity index (χ4v) is 15.5. The van der Waals surface area contributed by atoms with Crippen molar-refractivity contribution in [3.8, 4) is 0 Å². The lowest BCUT2D eigenvalue weighted by atomic mass is 9.35. The summed E-state index contributed by atoms with van der Waals surface area (Å²) in [6, 6.07) is 0. The Labute approximate surface area is 369 Å². The van der Waals surface area contributed by atoms with Gasteiger partial charge in [-0.05, 0) is 93.3 Å². The van der Waals surface area contributed by atoms with Gasteiger partial charge in [-0.1, -0.05) is 39.3 Å². The van der Waals surface area contributed by atoms with Crippen molar-refractivity contribution < 1.29 is 83.9 Å². The number of aliphatic hydroxyl groups excluding tert-OH is 8. The molecule has 0 aromatic rings. The van der Waals surface area contributed by atoms with E-state index in [9.17, 15) is 46.0 Å². The summed E-state index contributed by atoms with van der Waals surface area (Å²) >= 11 is 0. The van der Waals surface area contributed by atoms with Crippen molar-refractivity contribution in [2.24, 2.45) is 45.3 Å². The zero-order chi connectivity index (χ0) is 45.4. The molecule has 2 bridgehead atoms. The first-order valence-corrected chi connectivity index (χ1v) is 23.4. The molecule has 0 amide bonds. The van der Waals surface area contributed by atoms with E-state index in [-0.39, 0.29) is 59.4 Å². The molecule has 9 rings (SSSR count). The van der Waals surface area contributed by atoms with Gasteiger partial charge in [-0.3, -0.25) is 0 Å². The zero-order valence-corrected chi connectivity index (χ0v) is 37.8.